The van der Waals surface area contributed by atoms with E-state index in [2.05, 4.69) is 216 Å². The molecule has 2 aromatic heterocycles. The van der Waals surface area contributed by atoms with Gasteiger partial charge in [0.25, 0.3) is 0 Å². The molecule has 0 N–H and O–H groups in total. The van der Waals surface area contributed by atoms with Gasteiger partial charge in [-0.3, -0.25) is 0 Å². The first-order chi connectivity index (χ1) is 30.4. The first-order valence-electron chi connectivity index (χ1n) is 23.1. The van der Waals surface area contributed by atoms with Crippen molar-refractivity contribution in [2.75, 3.05) is 0 Å². The van der Waals surface area contributed by atoms with Gasteiger partial charge in [-0.05, 0) is 91.1 Å². The maximum Gasteiger partial charge on any atom is 0.225 e. The van der Waals surface area contributed by atoms with Gasteiger partial charge in [0.2, 0.25) is 11.4 Å². The van der Waals surface area contributed by atoms with Crippen LogP contribution in [0.25, 0.3) is 38.8 Å². The molecule has 334 valence electrons. The van der Waals surface area contributed by atoms with E-state index in [4.69, 9.17) is 9.72 Å². The standard InChI is InChI=1S/C59H61N4O.Pt/c1-37(2)41-30-50(38(3)4)57(51(31-41)39(5)6)40-17-15-18-44(29-40)63-36-62(63,54-26-23-42(32-55(54)63)58(7,8)9)45-19-16-20-46(34-45)64-47-24-25-49-48-21-13-14-22-52(48)61(53(49)35-47)56-33-43(27-28-60-56)59(10,11)12;/h13-33,36-39H,1-12H3;/q-1;/t62?,63-;/m0./s1. The largest absolute Gasteiger partial charge is 0.509 e. The number of quaternary nitrogens is 2. The molecule has 1 unspecified atom stereocenters. The molecule has 6 aromatic carbocycles. The van der Waals surface area contributed by atoms with Crippen LogP contribution < -0.4 is 13.9 Å². The van der Waals surface area contributed by atoms with Crippen LogP contribution in [0.5, 0.6) is 11.5 Å². The van der Waals surface area contributed by atoms with Gasteiger partial charge in [-0.25, -0.2) is 9.58 Å². The summed E-state index contributed by atoms with van der Waals surface area (Å²) in [7, 11) is 0. The summed E-state index contributed by atoms with van der Waals surface area (Å²) in [5.74, 6) is 3.38. The second-order valence-electron chi connectivity index (χ2n) is 21.1. The van der Waals surface area contributed by atoms with Crippen molar-refractivity contribution in [1.29, 1.82) is 0 Å². The molecule has 0 aliphatic carbocycles. The predicted molar refractivity (Wildman–Crippen MR) is 268 cm³/mol. The Labute approximate surface area is 401 Å². The first-order valence-corrected chi connectivity index (χ1v) is 23.1. The van der Waals surface area contributed by atoms with Gasteiger partial charge in [-0.1, -0.05) is 143 Å². The van der Waals surface area contributed by atoms with Crippen LogP contribution in [-0.2, 0) is 31.9 Å². The monoisotopic (exact) mass is 1040 g/mol. The van der Waals surface area contributed by atoms with Crippen LogP contribution in [0.15, 0.2) is 128 Å². The van der Waals surface area contributed by atoms with Crippen molar-refractivity contribution in [2.45, 2.75) is 112 Å². The molecule has 4 heterocycles. The molecule has 2 atom stereocenters. The van der Waals surface area contributed by atoms with Crippen LogP contribution in [0, 0.1) is 18.8 Å². The molecule has 1 fully saturated rings. The second-order valence-corrected chi connectivity index (χ2v) is 21.1. The minimum Gasteiger partial charge on any atom is -0.509 e. The van der Waals surface area contributed by atoms with Crippen molar-refractivity contribution in [3.63, 3.8) is 0 Å². The molecule has 8 aromatic rings. The second kappa shape index (κ2) is 15.9. The number of hydrogen-bond acceptors (Lipinski definition) is 2. The molecule has 2 aliphatic rings. The summed E-state index contributed by atoms with van der Waals surface area (Å²) in [6, 6.07) is 52.1. The van der Waals surface area contributed by atoms with Gasteiger partial charge in [-0.15, -0.1) is 29.7 Å². The fraction of sp³-hybridized carbons (Fsp3) is 0.288. The van der Waals surface area contributed by atoms with E-state index in [0.29, 0.717) is 38.4 Å². The van der Waals surface area contributed by atoms with E-state index in [0.717, 1.165) is 33.3 Å². The Balaban J connectivity index is 0.00000533. The van der Waals surface area contributed by atoms with Crippen molar-refractivity contribution in [1.82, 2.24) is 18.7 Å². The zero-order valence-corrected chi connectivity index (χ0v) is 42.2. The average Bonchev–Trinajstić information content (AvgIpc) is 3.76. The quantitative estimate of drug-likeness (QED) is 0.0818. The molecule has 1 saturated heterocycles. The summed E-state index contributed by atoms with van der Waals surface area (Å²) in [6.45, 7) is 30.0. The summed E-state index contributed by atoms with van der Waals surface area (Å²) in [5.41, 5.74) is 16.3. The fourth-order valence-electron chi connectivity index (χ4n) is 10.1. The van der Waals surface area contributed by atoms with Gasteiger partial charge in [0.1, 0.15) is 5.82 Å². The fourth-order valence-corrected chi connectivity index (χ4v) is 10.1. The predicted octanol–water partition coefficient (Wildman–Crippen LogP) is 16.5. The molecular formula is C59H61N4OPt-. The van der Waals surface area contributed by atoms with Crippen LogP contribution in [0.1, 0.15) is 129 Å². The van der Waals surface area contributed by atoms with Crippen LogP contribution in [0.4, 0.5) is 22.7 Å². The van der Waals surface area contributed by atoms with Gasteiger partial charge in [-0.2, -0.15) is 16.7 Å². The molecule has 5 nitrogen and oxygen atoms in total. The number of para-hydroxylation sites is 1. The molecule has 0 saturated carbocycles. The number of fused-ring (bicyclic) bond motifs is 7. The number of pyridine rings is 1. The normalized spacial score (nSPS) is 17.9. The summed E-state index contributed by atoms with van der Waals surface area (Å²) < 4.78 is 10.1. The Morgan fingerprint density at radius 1 is 0.600 bits per heavy atom. The third kappa shape index (κ3) is 7.12. The molecular weight excluding hydrogens is 976 g/mol. The molecule has 0 amide bonds. The number of aromatic nitrogens is 2. The minimum atomic E-state index is -0.0184. The maximum absolute atomic E-state index is 6.76. The van der Waals surface area contributed by atoms with Crippen molar-refractivity contribution >= 4 is 44.6 Å². The Bertz CT molecular complexity index is 3120. The Kier molecular flexibility index (Phi) is 11.0. The Hall–Kier alpha value is -5.32. The summed E-state index contributed by atoms with van der Waals surface area (Å²) in [5, 5.41) is 2.26. The van der Waals surface area contributed by atoms with Crippen LogP contribution >= 0.6 is 0 Å². The minimum absolute atomic E-state index is 0. The molecule has 10 rings (SSSR count). The van der Waals surface area contributed by atoms with Gasteiger partial charge in [0.15, 0.2) is 12.4 Å². The van der Waals surface area contributed by atoms with E-state index in [-0.39, 0.29) is 31.9 Å². The van der Waals surface area contributed by atoms with Crippen molar-refractivity contribution < 1.29 is 25.8 Å². The summed E-state index contributed by atoms with van der Waals surface area (Å²) in [6.07, 6.45) is 1.91. The topological polar surface area (TPSA) is 27.1 Å². The van der Waals surface area contributed by atoms with Gasteiger partial charge >= 0.3 is 0 Å². The van der Waals surface area contributed by atoms with Gasteiger partial charge in [0.05, 0.1) is 5.69 Å². The molecule has 65 heavy (non-hydrogen) atoms. The van der Waals surface area contributed by atoms with E-state index in [1.807, 2.05) is 18.3 Å². The zero-order valence-electron chi connectivity index (χ0n) is 39.9. The third-order valence-corrected chi connectivity index (χ3v) is 13.8. The van der Waals surface area contributed by atoms with Gasteiger partial charge < -0.3 is 9.30 Å². The first kappa shape index (κ1) is 44.9. The third-order valence-electron chi connectivity index (χ3n) is 13.8. The van der Waals surface area contributed by atoms with Crippen LogP contribution in [0.2, 0.25) is 0 Å². The van der Waals surface area contributed by atoms with Crippen molar-refractivity contribution in [3.05, 3.63) is 174 Å². The van der Waals surface area contributed by atoms with E-state index in [1.54, 1.807) is 0 Å². The smallest absolute Gasteiger partial charge is 0.225 e. The number of hydrogen-bond donors (Lipinski definition) is 0. The van der Waals surface area contributed by atoms with E-state index in [9.17, 15) is 0 Å². The maximum atomic E-state index is 6.76. The molecule has 6 heteroatoms. The van der Waals surface area contributed by atoms with Crippen molar-refractivity contribution in [2.24, 2.45) is 0 Å². The van der Waals surface area contributed by atoms with Crippen LogP contribution in [-0.4, -0.2) is 9.55 Å². The molecule has 0 radical (unpaired) electrons. The van der Waals surface area contributed by atoms with Crippen molar-refractivity contribution in [3.8, 4) is 28.4 Å². The summed E-state index contributed by atoms with van der Waals surface area (Å²) >= 11 is 0. The SMILES string of the molecule is CC(C)c1cc(C(C)C)c(-c2cccc([N@+]34[CH-][N+]3(c3[c-]c(Oc5[c-]c6c(cc5)c5ccccc5n6-c5cc(C(C)(C)C)ccn5)ccc3)c3ccc(C(C)(C)C)cc34)c2)c(C(C)C)c1.[Pt]. The molecule has 0 bridgehead atoms. The number of ether oxygens (including phenoxy) is 1. The Morgan fingerprint density at radius 3 is 1.97 bits per heavy atom. The van der Waals surface area contributed by atoms with E-state index in [1.165, 1.54) is 56.0 Å². The zero-order chi connectivity index (χ0) is 45.1. The van der Waals surface area contributed by atoms with E-state index < -0.39 is 0 Å². The Morgan fingerprint density at radius 2 is 1.28 bits per heavy atom. The van der Waals surface area contributed by atoms with Gasteiger partial charge in [0, 0.05) is 68.5 Å². The number of rotatable bonds is 9. The molecule has 2 aliphatic heterocycles. The van der Waals surface area contributed by atoms with Crippen LogP contribution in [0.3, 0.4) is 0 Å². The average molecular weight is 1040 g/mol. The number of nitrogens with zero attached hydrogens (tertiary/aromatic N) is 4. The number of benzene rings is 6. The van der Waals surface area contributed by atoms with E-state index >= 15 is 0 Å². The summed E-state index contributed by atoms with van der Waals surface area (Å²) in [4.78, 5) is 4.88. The molecule has 0 spiro atoms.